The van der Waals surface area contributed by atoms with Gasteiger partial charge in [-0.25, -0.2) is 0 Å². The molecule has 1 heterocycles. The normalized spacial score (nSPS) is 11.2. The molecule has 0 saturated carbocycles. The molecule has 3 N–H and O–H groups in total. The fourth-order valence-electron chi connectivity index (χ4n) is 1.94. The summed E-state index contributed by atoms with van der Waals surface area (Å²) >= 11 is 12.1. The highest BCUT2D eigenvalue weighted by atomic mass is 35.5. The van der Waals surface area contributed by atoms with Crippen molar-refractivity contribution in [3.05, 3.63) is 33.9 Å². The maximum absolute atomic E-state index is 6.22. The summed E-state index contributed by atoms with van der Waals surface area (Å²) in [5.41, 5.74) is 8.67. The van der Waals surface area contributed by atoms with Gasteiger partial charge in [0.25, 0.3) is 0 Å². The van der Waals surface area contributed by atoms with E-state index in [4.69, 9.17) is 28.9 Å². The van der Waals surface area contributed by atoms with E-state index in [0.29, 0.717) is 21.8 Å². The third-order valence-corrected chi connectivity index (χ3v) is 3.23. The largest absolute Gasteiger partial charge is 0.382 e. The monoisotopic (exact) mass is 283 g/mol. The third-order valence-electron chi connectivity index (χ3n) is 2.68. The third kappa shape index (κ3) is 2.62. The highest BCUT2D eigenvalue weighted by Crippen LogP contribution is 2.35. The second-order valence-corrected chi connectivity index (χ2v) is 5.53. The number of hydrogen-bond donors (Lipinski definition) is 2. The molecule has 1 aromatic carbocycles. The van der Waals surface area contributed by atoms with Gasteiger partial charge in [0.05, 0.1) is 5.02 Å². The zero-order valence-corrected chi connectivity index (χ0v) is 11.8. The molecular weight excluding hydrogens is 269 g/mol. The van der Waals surface area contributed by atoms with Crippen LogP contribution in [-0.4, -0.2) is 10.2 Å². The van der Waals surface area contributed by atoms with Crippen LogP contribution in [-0.2, 0) is 6.42 Å². The van der Waals surface area contributed by atoms with E-state index in [-0.39, 0.29) is 0 Å². The second-order valence-electron chi connectivity index (χ2n) is 4.68. The number of nitrogens with two attached hydrogens (primary N) is 1. The summed E-state index contributed by atoms with van der Waals surface area (Å²) in [6, 6.07) is 5.38. The Labute approximate surface area is 116 Å². The summed E-state index contributed by atoms with van der Waals surface area (Å²) in [5.74, 6) is 0.976. The smallest absolute Gasteiger partial charge is 0.153 e. The first kappa shape index (κ1) is 13.2. The van der Waals surface area contributed by atoms with E-state index in [0.717, 1.165) is 23.2 Å². The van der Waals surface area contributed by atoms with E-state index in [1.54, 1.807) is 12.1 Å². The van der Waals surface area contributed by atoms with Gasteiger partial charge in [-0.15, -0.1) is 0 Å². The number of benzene rings is 1. The summed E-state index contributed by atoms with van der Waals surface area (Å²) < 4.78 is 0. The van der Waals surface area contributed by atoms with E-state index in [1.807, 2.05) is 6.07 Å². The van der Waals surface area contributed by atoms with Crippen LogP contribution in [0, 0.1) is 5.92 Å². The molecule has 0 aliphatic carbocycles. The van der Waals surface area contributed by atoms with Crippen LogP contribution in [0.2, 0.25) is 10.0 Å². The van der Waals surface area contributed by atoms with E-state index < -0.39 is 0 Å². The molecule has 96 valence electrons. The summed E-state index contributed by atoms with van der Waals surface area (Å²) in [4.78, 5) is 0. The van der Waals surface area contributed by atoms with Gasteiger partial charge in [-0.2, -0.15) is 5.10 Å². The number of rotatable bonds is 3. The Morgan fingerprint density at radius 1 is 1.33 bits per heavy atom. The molecule has 5 heteroatoms. The minimum atomic E-state index is 0.467. The molecule has 0 atom stereocenters. The Balaban J connectivity index is 2.52. The Hall–Kier alpha value is -1.19. The van der Waals surface area contributed by atoms with E-state index in [2.05, 4.69) is 24.0 Å². The SMILES string of the molecule is CC(C)Cc1[nH]nc(N)c1-c1ccc(Cl)cc1Cl. The number of hydrogen-bond acceptors (Lipinski definition) is 2. The minimum absolute atomic E-state index is 0.467. The zero-order valence-electron chi connectivity index (χ0n) is 10.3. The van der Waals surface area contributed by atoms with Gasteiger partial charge < -0.3 is 5.73 Å². The standard InChI is InChI=1S/C13H15Cl2N3/c1-7(2)5-11-12(13(16)18-17-11)9-4-3-8(14)6-10(9)15/h3-4,6-7H,5H2,1-2H3,(H3,16,17,18). The van der Waals surface area contributed by atoms with Crippen molar-refractivity contribution in [2.24, 2.45) is 5.92 Å². The molecule has 0 bridgehead atoms. The Morgan fingerprint density at radius 2 is 2.06 bits per heavy atom. The lowest BCUT2D eigenvalue weighted by Gasteiger charge is -2.08. The van der Waals surface area contributed by atoms with Crippen LogP contribution in [0.4, 0.5) is 5.82 Å². The minimum Gasteiger partial charge on any atom is -0.382 e. The fourth-order valence-corrected chi connectivity index (χ4v) is 2.45. The van der Waals surface area contributed by atoms with Crippen LogP contribution in [0.3, 0.4) is 0 Å². The van der Waals surface area contributed by atoms with Gasteiger partial charge in [-0.05, 0) is 24.5 Å². The van der Waals surface area contributed by atoms with Crippen molar-refractivity contribution < 1.29 is 0 Å². The van der Waals surface area contributed by atoms with Crippen LogP contribution in [0.5, 0.6) is 0 Å². The molecular formula is C13H15Cl2N3. The lowest BCUT2D eigenvalue weighted by Crippen LogP contribution is -1.97. The number of nitrogen functional groups attached to an aromatic ring is 1. The van der Waals surface area contributed by atoms with Crippen molar-refractivity contribution in [1.82, 2.24) is 10.2 Å². The molecule has 18 heavy (non-hydrogen) atoms. The van der Waals surface area contributed by atoms with Crippen LogP contribution in [0.1, 0.15) is 19.5 Å². The second kappa shape index (κ2) is 5.21. The zero-order chi connectivity index (χ0) is 13.3. The van der Waals surface area contributed by atoms with Gasteiger partial charge in [0, 0.05) is 21.8 Å². The van der Waals surface area contributed by atoms with Crippen LogP contribution in [0.15, 0.2) is 18.2 Å². The first-order valence-electron chi connectivity index (χ1n) is 5.77. The number of anilines is 1. The molecule has 0 spiro atoms. The quantitative estimate of drug-likeness (QED) is 0.889. The fraction of sp³-hybridized carbons (Fsp3) is 0.308. The summed E-state index contributed by atoms with van der Waals surface area (Å²) in [6.45, 7) is 4.29. The van der Waals surface area contributed by atoms with E-state index in [1.165, 1.54) is 0 Å². The average Bonchev–Trinajstić information content (AvgIpc) is 2.60. The predicted molar refractivity (Wildman–Crippen MR) is 77.0 cm³/mol. The molecule has 0 amide bonds. The lowest BCUT2D eigenvalue weighted by atomic mass is 9.99. The molecule has 0 saturated heterocycles. The molecule has 2 rings (SSSR count). The predicted octanol–water partition coefficient (Wildman–Crippen LogP) is 4.16. The number of aromatic amines is 1. The Kier molecular flexibility index (Phi) is 3.83. The van der Waals surface area contributed by atoms with E-state index in [9.17, 15) is 0 Å². The number of aromatic nitrogens is 2. The molecule has 1 aromatic heterocycles. The first-order valence-corrected chi connectivity index (χ1v) is 6.52. The average molecular weight is 284 g/mol. The van der Waals surface area contributed by atoms with Gasteiger partial charge in [0.1, 0.15) is 0 Å². The lowest BCUT2D eigenvalue weighted by molar-refractivity contribution is 0.634. The molecule has 3 nitrogen and oxygen atoms in total. The van der Waals surface area contributed by atoms with Gasteiger partial charge >= 0.3 is 0 Å². The Bertz CT molecular complexity index is 561. The molecule has 0 fully saturated rings. The van der Waals surface area contributed by atoms with Gasteiger partial charge in [0.15, 0.2) is 5.82 Å². The van der Waals surface area contributed by atoms with Crippen LogP contribution >= 0.6 is 23.2 Å². The summed E-state index contributed by atoms with van der Waals surface area (Å²) in [7, 11) is 0. The molecule has 0 aliphatic rings. The van der Waals surface area contributed by atoms with E-state index >= 15 is 0 Å². The highest BCUT2D eigenvalue weighted by Gasteiger charge is 2.16. The number of H-pyrrole nitrogens is 1. The summed E-state index contributed by atoms with van der Waals surface area (Å²) in [5, 5.41) is 8.24. The van der Waals surface area contributed by atoms with Crippen molar-refractivity contribution in [3.8, 4) is 11.1 Å². The number of halogens is 2. The maximum Gasteiger partial charge on any atom is 0.153 e. The van der Waals surface area contributed by atoms with Crippen molar-refractivity contribution in [3.63, 3.8) is 0 Å². The summed E-state index contributed by atoms with van der Waals surface area (Å²) in [6.07, 6.45) is 0.874. The van der Waals surface area contributed by atoms with Gasteiger partial charge in [-0.3, -0.25) is 5.10 Å². The molecule has 2 aromatic rings. The molecule has 0 unspecified atom stereocenters. The highest BCUT2D eigenvalue weighted by molar-refractivity contribution is 6.36. The number of nitrogens with one attached hydrogen (secondary N) is 1. The van der Waals surface area contributed by atoms with Crippen molar-refractivity contribution in [1.29, 1.82) is 0 Å². The van der Waals surface area contributed by atoms with Crippen molar-refractivity contribution in [2.75, 3.05) is 5.73 Å². The number of nitrogens with zero attached hydrogens (tertiary/aromatic N) is 1. The topological polar surface area (TPSA) is 54.7 Å². The van der Waals surface area contributed by atoms with Gasteiger partial charge in [0.2, 0.25) is 0 Å². The first-order chi connectivity index (χ1) is 8.49. The van der Waals surface area contributed by atoms with Crippen molar-refractivity contribution >= 4 is 29.0 Å². The van der Waals surface area contributed by atoms with Gasteiger partial charge in [-0.1, -0.05) is 43.1 Å². The van der Waals surface area contributed by atoms with Crippen LogP contribution in [0.25, 0.3) is 11.1 Å². The van der Waals surface area contributed by atoms with Crippen molar-refractivity contribution in [2.45, 2.75) is 20.3 Å². The molecule has 0 aliphatic heterocycles. The molecule has 0 radical (unpaired) electrons. The van der Waals surface area contributed by atoms with Crippen LogP contribution < -0.4 is 5.73 Å². The maximum atomic E-state index is 6.22. The Morgan fingerprint density at radius 3 is 2.67 bits per heavy atom.